The Labute approximate surface area is 164 Å². The number of imidazole rings is 1. The van der Waals surface area contributed by atoms with Gasteiger partial charge in [0.25, 0.3) is 5.91 Å². The van der Waals surface area contributed by atoms with Gasteiger partial charge in [0, 0.05) is 29.2 Å². The van der Waals surface area contributed by atoms with Gasteiger partial charge in [-0.3, -0.25) is 4.79 Å². The Kier molecular flexibility index (Phi) is 4.47. The molecule has 4 nitrogen and oxygen atoms in total. The minimum Gasteiger partial charge on any atom is -0.322 e. The number of hydrogen-bond donors (Lipinski definition) is 1. The van der Waals surface area contributed by atoms with Crippen LogP contribution in [0, 0.1) is 27.7 Å². The van der Waals surface area contributed by atoms with Gasteiger partial charge in [-0.1, -0.05) is 29.3 Å². The van der Waals surface area contributed by atoms with Crippen molar-refractivity contribution in [3.8, 4) is 11.3 Å². The van der Waals surface area contributed by atoms with Crippen LogP contribution in [0.4, 0.5) is 5.69 Å². The zero-order valence-corrected chi connectivity index (χ0v) is 16.6. The summed E-state index contributed by atoms with van der Waals surface area (Å²) in [5.74, 6) is -0.0994. The highest BCUT2D eigenvalue weighted by Crippen LogP contribution is 2.26. The van der Waals surface area contributed by atoms with Gasteiger partial charge in [0.05, 0.1) is 5.69 Å². The number of amides is 1. The Bertz CT molecular complexity index is 1180. The average Bonchev–Trinajstić information content (AvgIpc) is 3.05. The molecule has 0 bridgehead atoms. The summed E-state index contributed by atoms with van der Waals surface area (Å²) in [7, 11) is 0. The van der Waals surface area contributed by atoms with E-state index in [4.69, 9.17) is 4.98 Å². The fourth-order valence-corrected chi connectivity index (χ4v) is 3.44. The Morgan fingerprint density at radius 3 is 2.39 bits per heavy atom. The maximum absolute atomic E-state index is 12.8. The molecule has 1 amide bonds. The number of anilines is 1. The smallest absolute Gasteiger partial charge is 0.255 e. The lowest BCUT2D eigenvalue weighted by Crippen LogP contribution is -2.13. The predicted molar refractivity (Wildman–Crippen MR) is 114 cm³/mol. The number of nitrogens with one attached hydrogen (secondary N) is 1. The number of carbonyl (C=O) groups excluding carboxylic acids is 1. The van der Waals surface area contributed by atoms with Gasteiger partial charge in [-0.05, 0) is 69.2 Å². The first-order chi connectivity index (χ1) is 13.4. The van der Waals surface area contributed by atoms with E-state index in [1.165, 1.54) is 5.56 Å². The molecule has 28 heavy (non-hydrogen) atoms. The standard InChI is InChI=1S/C24H23N3O/c1-15-7-8-27-14-22(25-23(27)12-15)19-6-5-18(4)21(13-19)26-24(28)20-10-16(2)9-17(3)11-20/h5-14H,1-4H3,(H,26,28). The number of fused-ring (bicyclic) bond motifs is 1. The molecule has 0 radical (unpaired) electrons. The highest BCUT2D eigenvalue weighted by Gasteiger charge is 2.11. The number of nitrogens with zero attached hydrogens (tertiary/aromatic N) is 2. The third-order valence-corrected chi connectivity index (χ3v) is 4.88. The molecule has 2 aromatic heterocycles. The normalized spacial score (nSPS) is 11.0. The zero-order valence-electron chi connectivity index (χ0n) is 16.6. The van der Waals surface area contributed by atoms with Crippen LogP contribution in [0.3, 0.4) is 0 Å². The van der Waals surface area contributed by atoms with Gasteiger partial charge in [0.15, 0.2) is 0 Å². The fourth-order valence-electron chi connectivity index (χ4n) is 3.44. The molecule has 1 N–H and O–H groups in total. The van der Waals surface area contributed by atoms with E-state index >= 15 is 0 Å². The molecule has 0 aliphatic rings. The highest BCUT2D eigenvalue weighted by molar-refractivity contribution is 6.05. The topological polar surface area (TPSA) is 46.4 Å². The van der Waals surface area contributed by atoms with E-state index in [2.05, 4.69) is 30.4 Å². The lowest BCUT2D eigenvalue weighted by atomic mass is 10.1. The van der Waals surface area contributed by atoms with Crippen molar-refractivity contribution in [2.45, 2.75) is 27.7 Å². The van der Waals surface area contributed by atoms with Crippen LogP contribution in [-0.4, -0.2) is 15.3 Å². The third kappa shape index (κ3) is 3.54. The van der Waals surface area contributed by atoms with Gasteiger partial charge >= 0.3 is 0 Å². The van der Waals surface area contributed by atoms with E-state index in [9.17, 15) is 4.79 Å². The van der Waals surface area contributed by atoms with Crippen molar-refractivity contribution >= 4 is 17.2 Å². The molecule has 0 spiro atoms. The molecule has 0 aliphatic heterocycles. The van der Waals surface area contributed by atoms with Gasteiger partial charge < -0.3 is 9.72 Å². The van der Waals surface area contributed by atoms with E-state index in [0.29, 0.717) is 5.56 Å². The SMILES string of the molecule is Cc1cc(C)cc(C(=O)Nc2cc(-c3cn4ccc(C)cc4n3)ccc2C)c1. The van der Waals surface area contributed by atoms with Gasteiger partial charge in [0.2, 0.25) is 0 Å². The number of carbonyl (C=O) groups is 1. The number of pyridine rings is 1. The first kappa shape index (κ1) is 18.0. The number of hydrogen-bond acceptors (Lipinski definition) is 2. The number of aromatic nitrogens is 2. The van der Waals surface area contributed by atoms with E-state index < -0.39 is 0 Å². The monoisotopic (exact) mass is 369 g/mol. The summed E-state index contributed by atoms with van der Waals surface area (Å²) in [4.78, 5) is 17.5. The highest BCUT2D eigenvalue weighted by atomic mass is 16.1. The molecule has 2 heterocycles. The van der Waals surface area contributed by atoms with Crippen LogP contribution < -0.4 is 5.32 Å². The Morgan fingerprint density at radius 2 is 1.64 bits per heavy atom. The van der Waals surface area contributed by atoms with Gasteiger partial charge in [-0.2, -0.15) is 0 Å². The minimum absolute atomic E-state index is 0.0994. The van der Waals surface area contributed by atoms with Crippen molar-refractivity contribution in [2.24, 2.45) is 0 Å². The molecule has 140 valence electrons. The Morgan fingerprint density at radius 1 is 0.893 bits per heavy atom. The second-order valence-corrected chi connectivity index (χ2v) is 7.46. The first-order valence-corrected chi connectivity index (χ1v) is 9.35. The second-order valence-electron chi connectivity index (χ2n) is 7.46. The second kappa shape index (κ2) is 6.97. The maximum Gasteiger partial charge on any atom is 0.255 e. The van der Waals surface area contributed by atoms with Gasteiger partial charge in [-0.25, -0.2) is 4.98 Å². The summed E-state index contributed by atoms with van der Waals surface area (Å²) < 4.78 is 2.01. The minimum atomic E-state index is -0.0994. The first-order valence-electron chi connectivity index (χ1n) is 9.35. The Hall–Kier alpha value is -3.40. The molecule has 0 fully saturated rings. The fraction of sp³-hybridized carbons (Fsp3) is 0.167. The third-order valence-electron chi connectivity index (χ3n) is 4.88. The van der Waals surface area contributed by atoms with Crippen LogP contribution in [0.1, 0.15) is 32.6 Å². The summed E-state index contributed by atoms with van der Waals surface area (Å²) in [6.45, 7) is 8.05. The van der Waals surface area contributed by atoms with E-state index in [1.54, 1.807) is 0 Å². The zero-order chi connectivity index (χ0) is 19.8. The predicted octanol–water partition coefficient (Wildman–Crippen LogP) is 5.49. The molecular formula is C24H23N3O. The van der Waals surface area contributed by atoms with E-state index in [0.717, 1.165) is 39.3 Å². The van der Waals surface area contributed by atoms with Crippen molar-refractivity contribution in [3.63, 3.8) is 0 Å². The van der Waals surface area contributed by atoms with Crippen LogP contribution in [-0.2, 0) is 0 Å². The van der Waals surface area contributed by atoms with E-state index in [1.807, 2.05) is 67.9 Å². The molecule has 0 atom stereocenters. The van der Waals surface area contributed by atoms with Crippen molar-refractivity contribution in [1.82, 2.24) is 9.38 Å². The molecule has 2 aromatic carbocycles. The van der Waals surface area contributed by atoms with Crippen molar-refractivity contribution < 1.29 is 4.79 Å². The molecule has 4 rings (SSSR count). The van der Waals surface area contributed by atoms with Crippen molar-refractivity contribution in [3.05, 3.63) is 88.7 Å². The summed E-state index contributed by atoms with van der Waals surface area (Å²) >= 11 is 0. The van der Waals surface area contributed by atoms with E-state index in [-0.39, 0.29) is 5.91 Å². The van der Waals surface area contributed by atoms with Crippen molar-refractivity contribution in [1.29, 1.82) is 0 Å². The molecule has 0 saturated carbocycles. The lowest BCUT2D eigenvalue weighted by Gasteiger charge is -2.11. The van der Waals surface area contributed by atoms with Crippen LogP contribution in [0.25, 0.3) is 16.9 Å². The summed E-state index contributed by atoms with van der Waals surface area (Å²) in [5, 5.41) is 3.06. The molecular weight excluding hydrogens is 346 g/mol. The summed E-state index contributed by atoms with van der Waals surface area (Å²) in [6.07, 6.45) is 4.02. The van der Waals surface area contributed by atoms with Crippen LogP contribution >= 0.6 is 0 Å². The number of benzene rings is 2. The Balaban J connectivity index is 1.67. The average molecular weight is 369 g/mol. The molecule has 0 aliphatic carbocycles. The summed E-state index contributed by atoms with van der Waals surface area (Å²) in [5.41, 5.74) is 8.59. The van der Waals surface area contributed by atoms with Crippen LogP contribution in [0.15, 0.2) is 60.9 Å². The van der Waals surface area contributed by atoms with Crippen LogP contribution in [0.5, 0.6) is 0 Å². The molecule has 4 heteroatoms. The molecule has 0 saturated heterocycles. The maximum atomic E-state index is 12.8. The van der Waals surface area contributed by atoms with Crippen molar-refractivity contribution in [2.75, 3.05) is 5.32 Å². The van der Waals surface area contributed by atoms with Crippen LogP contribution in [0.2, 0.25) is 0 Å². The quantitative estimate of drug-likeness (QED) is 0.519. The largest absolute Gasteiger partial charge is 0.322 e. The lowest BCUT2D eigenvalue weighted by molar-refractivity contribution is 0.102. The molecule has 4 aromatic rings. The number of rotatable bonds is 3. The molecule has 0 unspecified atom stereocenters. The van der Waals surface area contributed by atoms with Gasteiger partial charge in [-0.15, -0.1) is 0 Å². The summed E-state index contributed by atoms with van der Waals surface area (Å²) in [6, 6.07) is 16.0. The van der Waals surface area contributed by atoms with Gasteiger partial charge in [0.1, 0.15) is 5.65 Å². The number of aryl methyl sites for hydroxylation is 4.